The van der Waals surface area contributed by atoms with E-state index in [9.17, 15) is 24.3 Å². The van der Waals surface area contributed by atoms with E-state index >= 15 is 0 Å². The number of ether oxygens (including phenoxy) is 2. The number of amides is 3. The molecule has 12 nitrogen and oxygen atoms in total. The topological polar surface area (TPSA) is 160 Å². The second-order valence-electron chi connectivity index (χ2n) is 15.5. The highest BCUT2D eigenvalue weighted by molar-refractivity contribution is 5.88. The Bertz CT molecular complexity index is 2410. The first kappa shape index (κ1) is 46.8. The van der Waals surface area contributed by atoms with Crippen molar-refractivity contribution in [1.29, 1.82) is 0 Å². The third kappa shape index (κ3) is 14.7. The zero-order valence-corrected chi connectivity index (χ0v) is 36.3. The van der Waals surface area contributed by atoms with Crippen LogP contribution in [0.3, 0.4) is 0 Å². The fourth-order valence-electron chi connectivity index (χ4n) is 7.32. The molecular weight excluding hydrogens is 821 g/mol. The van der Waals surface area contributed by atoms with E-state index in [1.807, 2.05) is 91.0 Å². The number of aromatic nitrogens is 1. The van der Waals surface area contributed by atoms with Gasteiger partial charge in [0.2, 0.25) is 17.7 Å². The molecule has 3 N–H and O–H groups in total. The Hall–Kier alpha value is -7.65. The fraction of sp³-hybridized carbons (Fsp3) is 0.264. The lowest BCUT2D eigenvalue weighted by Gasteiger charge is -2.32. The van der Waals surface area contributed by atoms with Gasteiger partial charge in [0.25, 0.3) is 0 Å². The van der Waals surface area contributed by atoms with E-state index in [2.05, 4.69) is 46.0 Å². The molecule has 1 atom stereocenters. The van der Waals surface area contributed by atoms with Gasteiger partial charge in [-0.15, -0.1) is 12.3 Å². The number of nitrogens with one attached hydrogen (secondary N) is 2. The van der Waals surface area contributed by atoms with Crippen molar-refractivity contribution in [2.24, 2.45) is 0 Å². The number of hydrogen-bond acceptors (Lipinski definition) is 8. The lowest BCUT2D eigenvalue weighted by atomic mass is 9.88. The van der Waals surface area contributed by atoms with Gasteiger partial charge in [0.1, 0.15) is 29.9 Å². The Kier molecular flexibility index (Phi) is 17.9. The summed E-state index contributed by atoms with van der Waals surface area (Å²) in [7, 11) is 0. The predicted molar refractivity (Wildman–Crippen MR) is 248 cm³/mol. The molecule has 6 aromatic rings. The Balaban J connectivity index is 1.08. The molecule has 0 bridgehead atoms. The van der Waals surface area contributed by atoms with Crippen LogP contribution < -0.4 is 20.1 Å². The number of para-hydroxylation sites is 1. The molecule has 0 saturated heterocycles. The molecule has 334 valence electrons. The molecule has 6 rings (SSSR count). The first-order valence-electron chi connectivity index (χ1n) is 21.9. The third-order valence-electron chi connectivity index (χ3n) is 10.8. The number of rotatable bonds is 25. The van der Waals surface area contributed by atoms with Crippen LogP contribution in [0.25, 0.3) is 11.3 Å². The van der Waals surface area contributed by atoms with Gasteiger partial charge in [0, 0.05) is 56.4 Å². The highest BCUT2D eigenvalue weighted by Crippen LogP contribution is 2.29. The fourth-order valence-corrected chi connectivity index (χ4v) is 7.32. The molecule has 0 aliphatic rings. The van der Waals surface area contributed by atoms with Crippen molar-refractivity contribution in [3.05, 3.63) is 168 Å². The van der Waals surface area contributed by atoms with Crippen LogP contribution in [-0.4, -0.2) is 64.6 Å². The molecule has 0 saturated carbocycles. The number of carboxylic acids is 1. The SMILES string of the molecule is C#CCCCC(=O)N(CCC(c1ccccc1)c1ccccc1)C(COc1ccc(-c2cc(C(=O)O)no2)cc1)C(=O)NCCCCCC(=O)NCc1ccc(Oc2ccccc2)cc1. The maximum atomic E-state index is 14.2. The average molecular weight is 875 g/mol. The van der Waals surface area contributed by atoms with Crippen LogP contribution in [0.4, 0.5) is 0 Å². The summed E-state index contributed by atoms with van der Waals surface area (Å²) in [6.07, 6.45) is 9.46. The Labute approximate surface area is 380 Å². The van der Waals surface area contributed by atoms with Crippen molar-refractivity contribution in [2.45, 2.75) is 69.9 Å². The summed E-state index contributed by atoms with van der Waals surface area (Å²) >= 11 is 0. The van der Waals surface area contributed by atoms with Crippen LogP contribution in [0, 0.1) is 12.3 Å². The van der Waals surface area contributed by atoms with E-state index in [4.69, 9.17) is 20.4 Å². The molecule has 0 spiro atoms. The van der Waals surface area contributed by atoms with Crippen molar-refractivity contribution < 1.29 is 38.3 Å². The van der Waals surface area contributed by atoms with Gasteiger partial charge in [-0.25, -0.2) is 4.79 Å². The van der Waals surface area contributed by atoms with E-state index in [-0.39, 0.29) is 54.7 Å². The van der Waals surface area contributed by atoms with Crippen molar-refractivity contribution in [3.63, 3.8) is 0 Å². The summed E-state index contributed by atoms with van der Waals surface area (Å²) in [5.74, 6) is 2.91. The minimum Gasteiger partial charge on any atom is -0.491 e. The normalized spacial score (nSPS) is 11.3. The summed E-state index contributed by atoms with van der Waals surface area (Å²) < 4.78 is 17.3. The van der Waals surface area contributed by atoms with Gasteiger partial charge in [0.15, 0.2) is 11.5 Å². The van der Waals surface area contributed by atoms with E-state index in [0.717, 1.165) is 22.4 Å². The molecule has 0 aliphatic heterocycles. The van der Waals surface area contributed by atoms with Gasteiger partial charge in [0.05, 0.1) is 0 Å². The van der Waals surface area contributed by atoms with Crippen molar-refractivity contribution in [3.8, 4) is 40.9 Å². The van der Waals surface area contributed by atoms with Crippen molar-refractivity contribution in [2.75, 3.05) is 19.7 Å². The molecule has 0 aliphatic carbocycles. The molecule has 1 unspecified atom stereocenters. The number of hydrogen-bond donors (Lipinski definition) is 3. The van der Waals surface area contributed by atoms with Crippen LogP contribution in [0.2, 0.25) is 0 Å². The molecule has 1 aromatic heterocycles. The highest BCUT2D eigenvalue weighted by atomic mass is 16.5. The summed E-state index contributed by atoms with van der Waals surface area (Å²) in [6, 6.07) is 44.4. The number of unbranched alkanes of at least 4 members (excludes halogenated alkanes) is 3. The molecule has 3 amide bonds. The van der Waals surface area contributed by atoms with E-state index in [1.54, 1.807) is 29.2 Å². The summed E-state index contributed by atoms with van der Waals surface area (Å²) in [6.45, 7) is 0.872. The standard InChI is InChI=1S/C53H54N4O8/c1-2-3-8-24-51(59)57(35-33-46(40-17-9-4-10-18-40)41-19-11-5-12-20-41)48(38-63-43-31-27-42(28-32-43)49-36-47(53(61)62)56-65-49)52(60)54-34-16-7-15-23-50(58)55-37-39-25-29-45(30-26-39)64-44-21-13-6-14-22-44/h1,4-6,9-14,17-22,25-32,36,46,48H,3,7-8,15-16,23-24,33-35,37-38H2,(H,54,60)(H,55,58)(H,61,62). The van der Waals surface area contributed by atoms with E-state index in [0.29, 0.717) is 75.1 Å². The molecular formula is C53H54N4O8. The zero-order chi connectivity index (χ0) is 45.6. The zero-order valence-electron chi connectivity index (χ0n) is 36.3. The molecule has 65 heavy (non-hydrogen) atoms. The summed E-state index contributed by atoms with van der Waals surface area (Å²) in [5, 5.41) is 18.9. The first-order chi connectivity index (χ1) is 31.8. The minimum atomic E-state index is -1.20. The summed E-state index contributed by atoms with van der Waals surface area (Å²) in [4.78, 5) is 54.0. The van der Waals surface area contributed by atoms with Crippen molar-refractivity contribution in [1.82, 2.24) is 20.7 Å². The van der Waals surface area contributed by atoms with Gasteiger partial charge in [-0.3, -0.25) is 14.4 Å². The van der Waals surface area contributed by atoms with Gasteiger partial charge >= 0.3 is 5.97 Å². The van der Waals surface area contributed by atoms with E-state index < -0.39 is 12.0 Å². The Morgan fingerprint density at radius 3 is 1.98 bits per heavy atom. The van der Waals surface area contributed by atoms with Crippen LogP contribution in [0.1, 0.15) is 84.5 Å². The number of carbonyl (C=O) groups excluding carboxylic acids is 3. The number of carbonyl (C=O) groups is 4. The van der Waals surface area contributed by atoms with Crippen molar-refractivity contribution >= 4 is 23.7 Å². The average Bonchev–Trinajstić information content (AvgIpc) is 3.84. The van der Waals surface area contributed by atoms with Crippen LogP contribution in [-0.2, 0) is 20.9 Å². The second kappa shape index (κ2) is 24.8. The largest absolute Gasteiger partial charge is 0.491 e. The van der Waals surface area contributed by atoms with Gasteiger partial charge in [-0.05, 0) is 90.9 Å². The van der Waals surface area contributed by atoms with Crippen LogP contribution in [0.15, 0.2) is 150 Å². The third-order valence-corrected chi connectivity index (χ3v) is 10.8. The Morgan fingerprint density at radius 1 is 0.723 bits per heavy atom. The minimum absolute atomic E-state index is 0.0504. The summed E-state index contributed by atoms with van der Waals surface area (Å²) in [5.41, 5.74) is 3.52. The molecule has 1 heterocycles. The molecule has 0 radical (unpaired) electrons. The lowest BCUT2D eigenvalue weighted by Crippen LogP contribution is -2.53. The van der Waals surface area contributed by atoms with E-state index in [1.165, 1.54) is 6.07 Å². The van der Waals surface area contributed by atoms with Gasteiger partial charge in [-0.1, -0.05) is 103 Å². The molecule has 12 heteroatoms. The van der Waals surface area contributed by atoms with Crippen LogP contribution >= 0.6 is 0 Å². The monoisotopic (exact) mass is 874 g/mol. The number of carboxylic acid groups (broad SMARTS) is 1. The molecule has 0 fully saturated rings. The maximum absolute atomic E-state index is 14.2. The van der Waals surface area contributed by atoms with Gasteiger partial charge in [-0.2, -0.15) is 0 Å². The number of benzene rings is 5. The van der Waals surface area contributed by atoms with Crippen LogP contribution in [0.5, 0.6) is 17.2 Å². The first-order valence-corrected chi connectivity index (χ1v) is 21.9. The quantitative estimate of drug-likeness (QED) is 0.0376. The highest BCUT2D eigenvalue weighted by Gasteiger charge is 2.31. The van der Waals surface area contributed by atoms with Gasteiger partial charge < -0.3 is 34.6 Å². The number of nitrogens with zero attached hydrogens (tertiary/aromatic N) is 2. The Morgan fingerprint density at radius 2 is 1.35 bits per heavy atom. The smallest absolute Gasteiger partial charge is 0.358 e. The number of aromatic carboxylic acids is 1. The number of terminal acetylenes is 1. The maximum Gasteiger partial charge on any atom is 0.358 e. The lowest BCUT2D eigenvalue weighted by molar-refractivity contribution is -0.142. The predicted octanol–water partition coefficient (Wildman–Crippen LogP) is 9.43. The second-order valence-corrected chi connectivity index (χ2v) is 15.5. The molecule has 5 aromatic carbocycles.